The van der Waals surface area contributed by atoms with E-state index in [1.165, 1.54) is 231 Å². The highest BCUT2D eigenvalue weighted by molar-refractivity contribution is 5.71. The van der Waals surface area contributed by atoms with E-state index in [9.17, 15) is 14.4 Å². The molecule has 0 aliphatic carbocycles. The number of hydrogen-bond acceptors (Lipinski definition) is 6. The van der Waals surface area contributed by atoms with E-state index in [1.807, 2.05) is 0 Å². The lowest BCUT2D eigenvalue weighted by Gasteiger charge is -2.18. The van der Waals surface area contributed by atoms with Crippen LogP contribution in [0, 0.1) is 5.92 Å². The molecule has 0 bridgehead atoms. The fourth-order valence-electron chi connectivity index (χ4n) is 9.10. The predicted molar refractivity (Wildman–Crippen MR) is 280 cm³/mol. The molecule has 0 amide bonds. The number of hydrogen-bond donors (Lipinski definition) is 0. The molecule has 0 fully saturated rings. The Kier molecular flexibility index (Phi) is 52.1. The standard InChI is InChI=1S/C59H114O6/c1-5-7-9-11-13-15-17-19-20-24-27-31-34-38-42-46-50-57(60)63-53-56(65-59(62)52-48-44-40-36-30-18-16-14-12-10-8-6-2)54-64-58(61)51-47-43-39-35-32-28-25-22-21-23-26-29-33-37-41-45-49-55(3)4/h55-56H,5-54H2,1-4H3/t56-/m0/s1. The summed E-state index contributed by atoms with van der Waals surface area (Å²) >= 11 is 0. The molecule has 0 aromatic rings. The molecule has 65 heavy (non-hydrogen) atoms. The van der Waals surface area contributed by atoms with Crippen molar-refractivity contribution < 1.29 is 28.6 Å². The first-order chi connectivity index (χ1) is 31.9. The summed E-state index contributed by atoms with van der Waals surface area (Å²) in [5.41, 5.74) is 0. The quantitative estimate of drug-likeness (QED) is 0.0344. The molecule has 0 spiro atoms. The lowest BCUT2D eigenvalue weighted by Crippen LogP contribution is -2.30. The molecule has 0 aromatic carbocycles. The zero-order valence-corrected chi connectivity index (χ0v) is 44.5. The molecular formula is C59H114O6. The highest BCUT2D eigenvalue weighted by Gasteiger charge is 2.19. The average Bonchev–Trinajstić information content (AvgIpc) is 3.29. The maximum Gasteiger partial charge on any atom is 0.306 e. The van der Waals surface area contributed by atoms with Gasteiger partial charge >= 0.3 is 17.9 Å². The highest BCUT2D eigenvalue weighted by Crippen LogP contribution is 2.18. The Bertz CT molecular complexity index is 980. The molecule has 0 rings (SSSR count). The largest absolute Gasteiger partial charge is 0.462 e. The number of esters is 3. The summed E-state index contributed by atoms with van der Waals surface area (Å²) in [6, 6.07) is 0. The molecule has 0 heterocycles. The maximum absolute atomic E-state index is 12.8. The Morgan fingerprint density at radius 2 is 0.508 bits per heavy atom. The molecule has 1 atom stereocenters. The third-order valence-electron chi connectivity index (χ3n) is 13.5. The van der Waals surface area contributed by atoms with Gasteiger partial charge in [0.05, 0.1) is 0 Å². The monoisotopic (exact) mass is 919 g/mol. The number of rotatable bonds is 54. The van der Waals surface area contributed by atoms with Gasteiger partial charge in [-0.1, -0.05) is 297 Å². The second kappa shape index (κ2) is 53.4. The zero-order valence-electron chi connectivity index (χ0n) is 44.5. The first-order valence-electron chi connectivity index (χ1n) is 29.4. The van der Waals surface area contributed by atoms with Crippen molar-refractivity contribution in [3.63, 3.8) is 0 Å². The van der Waals surface area contributed by atoms with Crippen LogP contribution in [0.25, 0.3) is 0 Å². The normalized spacial score (nSPS) is 12.0. The number of carbonyl (C=O) groups is 3. The van der Waals surface area contributed by atoms with Crippen LogP contribution < -0.4 is 0 Å². The number of ether oxygens (including phenoxy) is 3. The third-order valence-corrected chi connectivity index (χ3v) is 13.5. The Labute approximate surface area is 406 Å². The molecule has 0 aliphatic heterocycles. The van der Waals surface area contributed by atoms with Crippen molar-refractivity contribution in [1.82, 2.24) is 0 Å². The van der Waals surface area contributed by atoms with Gasteiger partial charge in [-0.2, -0.15) is 0 Å². The van der Waals surface area contributed by atoms with Gasteiger partial charge in [0.25, 0.3) is 0 Å². The molecule has 0 aliphatic rings. The van der Waals surface area contributed by atoms with Gasteiger partial charge in [-0.15, -0.1) is 0 Å². The molecular weight excluding hydrogens is 805 g/mol. The molecule has 0 N–H and O–H groups in total. The van der Waals surface area contributed by atoms with E-state index in [2.05, 4.69) is 27.7 Å². The van der Waals surface area contributed by atoms with Gasteiger partial charge < -0.3 is 14.2 Å². The van der Waals surface area contributed by atoms with Gasteiger partial charge in [0, 0.05) is 19.3 Å². The summed E-state index contributed by atoms with van der Waals surface area (Å²) < 4.78 is 16.9. The smallest absolute Gasteiger partial charge is 0.306 e. The molecule has 0 radical (unpaired) electrons. The summed E-state index contributed by atoms with van der Waals surface area (Å²) in [6.45, 7) is 9.07. The van der Waals surface area contributed by atoms with Crippen molar-refractivity contribution in [2.24, 2.45) is 5.92 Å². The van der Waals surface area contributed by atoms with Crippen molar-refractivity contribution in [2.45, 2.75) is 342 Å². The Morgan fingerprint density at radius 3 is 0.754 bits per heavy atom. The fourth-order valence-corrected chi connectivity index (χ4v) is 9.10. The summed E-state index contributed by atoms with van der Waals surface area (Å²) in [5, 5.41) is 0. The predicted octanol–water partition coefficient (Wildman–Crippen LogP) is 19.4. The minimum absolute atomic E-state index is 0.0617. The van der Waals surface area contributed by atoms with E-state index < -0.39 is 6.10 Å². The highest BCUT2D eigenvalue weighted by atomic mass is 16.6. The first kappa shape index (κ1) is 63.4. The van der Waals surface area contributed by atoms with Crippen molar-refractivity contribution >= 4 is 17.9 Å². The molecule has 6 nitrogen and oxygen atoms in total. The second-order valence-electron chi connectivity index (χ2n) is 20.8. The van der Waals surface area contributed by atoms with E-state index in [1.54, 1.807) is 0 Å². The van der Waals surface area contributed by atoms with Crippen molar-refractivity contribution in [3.8, 4) is 0 Å². The van der Waals surface area contributed by atoms with Crippen LogP contribution in [0.5, 0.6) is 0 Å². The minimum atomic E-state index is -0.761. The van der Waals surface area contributed by atoms with E-state index >= 15 is 0 Å². The number of carbonyl (C=O) groups excluding carboxylic acids is 3. The third kappa shape index (κ3) is 53.2. The zero-order chi connectivity index (χ0) is 47.4. The van der Waals surface area contributed by atoms with Crippen LogP contribution in [0.2, 0.25) is 0 Å². The molecule has 6 heteroatoms. The van der Waals surface area contributed by atoms with Gasteiger partial charge in [0.15, 0.2) is 6.10 Å². The summed E-state index contributed by atoms with van der Waals surface area (Å²) in [6.07, 6.45) is 58.1. The van der Waals surface area contributed by atoms with Gasteiger partial charge in [-0.05, 0) is 25.2 Å². The van der Waals surface area contributed by atoms with Crippen LogP contribution in [-0.2, 0) is 28.6 Å². The average molecular weight is 920 g/mol. The molecule has 0 saturated carbocycles. The van der Waals surface area contributed by atoms with Crippen LogP contribution in [0.15, 0.2) is 0 Å². The topological polar surface area (TPSA) is 78.9 Å². The molecule has 0 aromatic heterocycles. The van der Waals surface area contributed by atoms with Gasteiger partial charge in [-0.25, -0.2) is 0 Å². The fraction of sp³-hybridized carbons (Fsp3) is 0.949. The summed E-state index contributed by atoms with van der Waals surface area (Å²) in [7, 11) is 0. The Morgan fingerprint density at radius 1 is 0.292 bits per heavy atom. The summed E-state index contributed by atoms with van der Waals surface area (Å²) in [5.74, 6) is 0.0188. The number of unbranched alkanes of at least 4 members (excludes halogenated alkanes) is 41. The van der Waals surface area contributed by atoms with Crippen LogP contribution in [0.3, 0.4) is 0 Å². The van der Waals surface area contributed by atoms with Crippen molar-refractivity contribution in [2.75, 3.05) is 13.2 Å². The molecule has 0 unspecified atom stereocenters. The lowest BCUT2D eigenvalue weighted by molar-refractivity contribution is -0.167. The summed E-state index contributed by atoms with van der Waals surface area (Å²) in [4.78, 5) is 38.1. The maximum atomic E-state index is 12.8. The van der Waals surface area contributed by atoms with Gasteiger partial charge in [0.1, 0.15) is 13.2 Å². The van der Waals surface area contributed by atoms with Crippen LogP contribution >= 0.6 is 0 Å². The van der Waals surface area contributed by atoms with E-state index in [0.29, 0.717) is 19.3 Å². The molecule has 0 saturated heterocycles. The second-order valence-corrected chi connectivity index (χ2v) is 20.8. The molecule has 386 valence electrons. The SMILES string of the molecule is CCCCCCCCCCCCCCCCCCC(=O)OC[C@@H](COC(=O)CCCCCCCCCCCCCCCCCCC(C)C)OC(=O)CCCCCCCCCCCCCC. The van der Waals surface area contributed by atoms with Crippen molar-refractivity contribution in [3.05, 3.63) is 0 Å². The minimum Gasteiger partial charge on any atom is -0.462 e. The van der Waals surface area contributed by atoms with Crippen molar-refractivity contribution in [1.29, 1.82) is 0 Å². The Hall–Kier alpha value is -1.59. The first-order valence-corrected chi connectivity index (χ1v) is 29.4. The van der Waals surface area contributed by atoms with E-state index in [0.717, 1.165) is 63.7 Å². The van der Waals surface area contributed by atoms with Gasteiger partial charge in [-0.3, -0.25) is 14.4 Å². The van der Waals surface area contributed by atoms with E-state index in [-0.39, 0.29) is 31.1 Å². The van der Waals surface area contributed by atoms with E-state index in [4.69, 9.17) is 14.2 Å². The Balaban J connectivity index is 4.24. The van der Waals surface area contributed by atoms with Gasteiger partial charge in [0.2, 0.25) is 0 Å². The van der Waals surface area contributed by atoms with Crippen LogP contribution in [0.4, 0.5) is 0 Å². The van der Waals surface area contributed by atoms with Crippen LogP contribution in [0.1, 0.15) is 336 Å². The van der Waals surface area contributed by atoms with Crippen LogP contribution in [-0.4, -0.2) is 37.2 Å². The lowest BCUT2D eigenvalue weighted by atomic mass is 10.0.